The highest BCUT2D eigenvalue weighted by molar-refractivity contribution is 5.83. The minimum Gasteiger partial charge on any atom is -0.480 e. The molecule has 0 bridgehead atoms. The normalized spacial score (nSPS) is 16.3. The Labute approximate surface area is 205 Å². The molecule has 2 aromatic carbocycles. The van der Waals surface area contributed by atoms with Crippen LogP contribution in [0.15, 0.2) is 48.5 Å². The number of carboxylic acids is 1. The molecule has 35 heavy (non-hydrogen) atoms. The van der Waals surface area contributed by atoms with Gasteiger partial charge in [0.25, 0.3) is 0 Å². The first-order valence-electron chi connectivity index (χ1n) is 12.0. The number of fused-ring (bicyclic) bond motifs is 3. The summed E-state index contributed by atoms with van der Waals surface area (Å²) in [7, 11) is 0. The monoisotopic (exact) mass is 480 g/mol. The van der Waals surface area contributed by atoms with Gasteiger partial charge < -0.3 is 24.8 Å². The zero-order valence-corrected chi connectivity index (χ0v) is 20.2. The van der Waals surface area contributed by atoms with Crippen molar-refractivity contribution in [3.05, 3.63) is 59.7 Å². The second-order valence-electron chi connectivity index (χ2n) is 9.53. The molecule has 0 atom stereocenters. The Morgan fingerprint density at radius 3 is 2.17 bits per heavy atom. The molecule has 0 spiro atoms. The van der Waals surface area contributed by atoms with Gasteiger partial charge in [0, 0.05) is 25.2 Å². The molecule has 2 aliphatic rings. The maximum Gasteiger partial charge on any atom is 0.407 e. The zero-order valence-electron chi connectivity index (χ0n) is 20.2. The molecule has 0 unspecified atom stereocenters. The van der Waals surface area contributed by atoms with E-state index < -0.39 is 17.6 Å². The van der Waals surface area contributed by atoms with Gasteiger partial charge in [-0.15, -0.1) is 0 Å². The number of nitrogens with zero attached hydrogens (tertiary/aromatic N) is 1. The highest BCUT2D eigenvalue weighted by atomic mass is 16.5. The van der Waals surface area contributed by atoms with E-state index in [9.17, 15) is 19.5 Å². The number of carbonyl (C=O) groups excluding carboxylic acids is 2. The van der Waals surface area contributed by atoms with Crippen molar-refractivity contribution < 1.29 is 29.0 Å². The average molecular weight is 481 g/mol. The Hall–Kier alpha value is -3.39. The molecule has 2 N–H and O–H groups in total. The van der Waals surface area contributed by atoms with Crippen molar-refractivity contribution in [3.8, 4) is 11.1 Å². The van der Waals surface area contributed by atoms with E-state index in [1.807, 2.05) is 24.3 Å². The summed E-state index contributed by atoms with van der Waals surface area (Å²) in [6.45, 7) is 4.15. The third-order valence-electron chi connectivity index (χ3n) is 6.90. The molecule has 186 valence electrons. The molecule has 8 heteroatoms. The third kappa shape index (κ3) is 5.48. The second kappa shape index (κ2) is 10.5. The van der Waals surface area contributed by atoms with Crippen molar-refractivity contribution in [2.45, 2.75) is 50.6 Å². The average Bonchev–Trinajstić information content (AvgIpc) is 3.15. The summed E-state index contributed by atoms with van der Waals surface area (Å²) in [6, 6.07) is 16.0. The Bertz CT molecular complexity index is 1050. The van der Waals surface area contributed by atoms with Crippen LogP contribution in [0.3, 0.4) is 0 Å². The van der Waals surface area contributed by atoms with Gasteiger partial charge in [-0.25, -0.2) is 4.79 Å². The SMILES string of the molecule is CC(C)N(CC(=O)O)C(=O)CC1(NC(=O)OCC2c3ccccc3-c3ccccc32)CCOCC1. The van der Waals surface area contributed by atoms with Gasteiger partial charge in [-0.05, 0) is 48.9 Å². The van der Waals surface area contributed by atoms with Gasteiger partial charge in [-0.1, -0.05) is 48.5 Å². The van der Waals surface area contributed by atoms with Crippen molar-refractivity contribution in [1.29, 1.82) is 0 Å². The number of hydrogen-bond donors (Lipinski definition) is 2. The number of carbonyl (C=O) groups is 3. The highest BCUT2D eigenvalue weighted by Crippen LogP contribution is 2.44. The topological polar surface area (TPSA) is 105 Å². The zero-order chi connectivity index (χ0) is 25.0. The number of hydrogen-bond acceptors (Lipinski definition) is 5. The van der Waals surface area contributed by atoms with E-state index in [4.69, 9.17) is 9.47 Å². The van der Waals surface area contributed by atoms with Gasteiger partial charge in [0.2, 0.25) is 5.91 Å². The molecule has 0 radical (unpaired) electrons. The van der Waals surface area contributed by atoms with E-state index in [1.165, 1.54) is 4.90 Å². The molecular formula is C27H32N2O6. The van der Waals surface area contributed by atoms with Gasteiger partial charge in [0.15, 0.2) is 0 Å². The number of benzene rings is 2. The lowest BCUT2D eigenvalue weighted by Crippen LogP contribution is -2.55. The van der Waals surface area contributed by atoms with E-state index in [-0.39, 0.29) is 37.4 Å². The van der Waals surface area contributed by atoms with Crippen molar-refractivity contribution in [2.75, 3.05) is 26.4 Å². The first-order valence-corrected chi connectivity index (χ1v) is 12.0. The summed E-state index contributed by atoms with van der Waals surface area (Å²) < 4.78 is 11.2. The van der Waals surface area contributed by atoms with Gasteiger partial charge in [0.1, 0.15) is 13.2 Å². The smallest absolute Gasteiger partial charge is 0.407 e. The van der Waals surface area contributed by atoms with E-state index in [0.717, 1.165) is 22.3 Å². The molecule has 2 amide bonds. The number of alkyl carbamates (subject to hydrolysis) is 1. The fourth-order valence-corrected chi connectivity index (χ4v) is 5.05. The molecular weight excluding hydrogens is 448 g/mol. The summed E-state index contributed by atoms with van der Waals surface area (Å²) in [5.74, 6) is -1.45. The van der Waals surface area contributed by atoms with E-state index in [0.29, 0.717) is 26.1 Å². The van der Waals surface area contributed by atoms with Gasteiger partial charge in [0.05, 0.1) is 12.0 Å². The summed E-state index contributed by atoms with van der Waals surface area (Å²) >= 11 is 0. The number of ether oxygens (including phenoxy) is 2. The van der Waals surface area contributed by atoms with Gasteiger partial charge in [-0.3, -0.25) is 9.59 Å². The summed E-state index contributed by atoms with van der Waals surface area (Å²) in [5.41, 5.74) is 3.70. The Morgan fingerprint density at radius 1 is 1.06 bits per heavy atom. The first kappa shape index (κ1) is 24.7. The van der Waals surface area contributed by atoms with Crippen LogP contribution in [0.5, 0.6) is 0 Å². The van der Waals surface area contributed by atoms with E-state index in [1.54, 1.807) is 13.8 Å². The predicted octanol–water partition coefficient (Wildman–Crippen LogP) is 3.79. The van der Waals surface area contributed by atoms with Crippen LogP contribution >= 0.6 is 0 Å². The highest BCUT2D eigenvalue weighted by Gasteiger charge is 2.39. The number of rotatable bonds is 8. The lowest BCUT2D eigenvalue weighted by Gasteiger charge is -2.39. The van der Waals surface area contributed by atoms with Crippen LogP contribution in [0, 0.1) is 0 Å². The summed E-state index contributed by atoms with van der Waals surface area (Å²) in [5, 5.41) is 12.2. The molecule has 1 aliphatic carbocycles. The molecule has 1 fully saturated rings. The largest absolute Gasteiger partial charge is 0.480 e. The Morgan fingerprint density at radius 2 is 1.63 bits per heavy atom. The quantitative estimate of drug-likeness (QED) is 0.596. The van der Waals surface area contributed by atoms with Crippen molar-refractivity contribution in [1.82, 2.24) is 10.2 Å². The lowest BCUT2D eigenvalue weighted by atomic mass is 9.86. The number of carboxylic acid groups (broad SMARTS) is 1. The van der Waals surface area contributed by atoms with Crippen LogP contribution in [0.4, 0.5) is 4.79 Å². The maximum absolute atomic E-state index is 13.0. The van der Waals surface area contributed by atoms with Gasteiger partial charge in [-0.2, -0.15) is 0 Å². The van der Waals surface area contributed by atoms with Crippen LogP contribution in [0.1, 0.15) is 50.2 Å². The Kier molecular flexibility index (Phi) is 7.40. The van der Waals surface area contributed by atoms with E-state index >= 15 is 0 Å². The molecule has 2 aromatic rings. The van der Waals surface area contributed by atoms with Crippen LogP contribution < -0.4 is 5.32 Å². The number of aliphatic carboxylic acids is 1. The van der Waals surface area contributed by atoms with Crippen LogP contribution in [-0.4, -0.2) is 65.9 Å². The lowest BCUT2D eigenvalue weighted by molar-refractivity contribution is -0.147. The van der Waals surface area contributed by atoms with E-state index in [2.05, 4.69) is 29.6 Å². The molecule has 1 saturated heterocycles. The first-order chi connectivity index (χ1) is 16.8. The molecule has 4 rings (SSSR count). The Balaban J connectivity index is 1.45. The molecule has 8 nitrogen and oxygen atoms in total. The standard InChI is InChI=1S/C27H32N2O6/c1-18(2)29(16-25(31)32)24(30)15-27(11-13-34-14-12-27)28-26(33)35-17-23-21-9-5-3-7-19(21)20-8-4-6-10-22(20)23/h3-10,18,23H,11-17H2,1-2H3,(H,28,33)(H,31,32). The van der Waals surface area contributed by atoms with Crippen LogP contribution in [0.2, 0.25) is 0 Å². The van der Waals surface area contributed by atoms with Gasteiger partial charge >= 0.3 is 12.1 Å². The fourth-order valence-electron chi connectivity index (χ4n) is 5.05. The molecule has 1 aliphatic heterocycles. The minimum absolute atomic E-state index is 0.00792. The third-order valence-corrected chi connectivity index (χ3v) is 6.90. The molecule has 0 saturated carbocycles. The molecule has 1 heterocycles. The fraction of sp³-hybridized carbons (Fsp3) is 0.444. The van der Waals surface area contributed by atoms with Crippen molar-refractivity contribution in [3.63, 3.8) is 0 Å². The molecule has 0 aromatic heterocycles. The number of nitrogens with one attached hydrogen (secondary N) is 1. The minimum atomic E-state index is -1.07. The van der Waals surface area contributed by atoms with Crippen molar-refractivity contribution >= 4 is 18.0 Å². The summed E-state index contributed by atoms with van der Waals surface area (Å²) in [4.78, 5) is 38.6. The summed E-state index contributed by atoms with van der Waals surface area (Å²) in [6.07, 6.45) is 0.298. The van der Waals surface area contributed by atoms with Crippen molar-refractivity contribution in [2.24, 2.45) is 0 Å². The van der Waals surface area contributed by atoms with Crippen LogP contribution in [-0.2, 0) is 19.1 Å². The predicted molar refractivity (Wildman–Crippen MR) is 130 cm³/mol. The maximum atomic E-state index is 13.0. The van der Waals surface area contributed by atoms with Crippen LogP contribution in [0.25, 0.3) is 11.1 Å². The number of amides is 2. The second-order valence-corrected chi connectivity index (χ2v) is 9.53.